The molecule has 0 aliphatic carbocycles. The summed E-state index contributed by atoms with van der Waals surface area (Å²) in [4.78, 5) is 14.5. The fraction of sp³-hybridized carbons (Fsp3) is 0.500. The number of piperidine rings is 3. The van der Waals surface area contributed by atoms with Gasteiger partial charge in [0.25, 0.3) is 5.91 Å². The topological polar surface area (TPSA) is 32.3 Å². The number of hydrogen-bond donors (Lipinski definition) is 1. The molecule has 5 heteroatoms. The van der Waals surface area contributed by atoms with E-state index in [4.69, 9.17) is 0 Å². The van der Waals surface area contributed by atoms with Crippen LogP contribution in [0, 0.1) is 11.7 Å². The fourth-order valence-corrected chi connectivity index (χ4v) is 3.26. The maximum Gasteiger partial charge on any atom is 0.251 e. The smallest absolute Gasteiger partial charge is 0.251 e. The highest BCUT2D eigenvalue weighted by molar-refractivity contribution is 9.10. The summed E-state index contributed by atoms with van der Waals surface area (Å²) in [6.07, 6.45) is 2.30. The van der Waals surface area contributed by atoms with E-state index >= 15 is 0 Å². The van der Waals surface area contributed by atoms with Crippen molar-refractivity contribution >= 4 is 21.8 Å². The van der Waals surface area contributed by atoms with Crippen molar-refractivity contribution in [2.45, 2.75) is 18.9 Å². The fourth-order valence-electron chi connectivity index (χ4n) is 3.02. The molecule has 3 saturated heterocycles. The average molecular weight is 327 g/mol. The van der Waals surface area contributed by atoms with Crippen molar-refractivity contribution in [3.05, 3.63) is 34.1 Å². The van der Waals surface area contributed by atoms with Gasteiger partial charge in [-0.1, -0.05) is 0 Å². The minimum atomic E-state index is -0.401. The molecule has 0 saturated carbocycles. The van der Waals surface area contributed by atoms with Gasteiger partial charge in [0, 0.05) is 18.2 Å². The number of amides is 1. The highest BCUT2D eigenvalue weighted by Gasteiger charge is 2.34. The summed E-state index contributed by atoms with van der Waals surface area (Å²) < 4.78 is 13.8. The second kappa shape index (κ2) is 5.21. The Bertz CT molecular complexity index is 500. The molecule has 0 radical (unpaired) electrons. The molecular formula is C14H16BrFN2O. The van der Waals surface area contributed by atoms with Crippen molar-refractivity contribution in [1.29, 1.82) is 0 Å². The van der Waals surface area contributed by atoms with Crippen LogP contribution in [0.1, 0.15) is 23.2 Å². The molecule has 0 aromatic heterocycles. The lowest BCUT2D eigenvalue weighted by Gasteiger charge is -2.44. The first kappa shape index (κ1) is 13.1. The van der Waals surface area contributed by atoms with Crippen molar-refractivity contribution in [3.63, 3.8) is 0 Å². The summed E-state index contributed by atoms with van der Waals surface area (Å²) in [6.45, 7) is 3.21. The molecule has 3 heterocycles. The van der Waals surface area contributed by atoms with Gasteiger partial charge in [-0.3, -0.25) is 4.79 Å². The Morgan fingerprint density at radius 2 is 2.11 bits per heavy atom. The van der Waals surface area contributed by atoms with Gasteiger partial charge in [-0.2, -0.15) is 0 Å². The van der Waals surface area contributed by atoms with Crippen molar-refractivity contribution in [3.8, 4) is 0 Å². The van der Waals surface area contributed by atoms with Gasteiger partial charge in [0.2, 0.25) is 0 Å². The zero-order valence-electron chi connectivity index (χ0n) is 10.5. The van der Waals surface area contributed by atoms with E-state index in [1.807, 2.05) is 0 Å². The van der Waals surface area contributed by atoms with Gasteiger partial charge in [-0.05, 0) is 66.0 Å². The van der Waals surface area contributed by atoms with Crippen LogP contribution >= 0.6 is 15.9 Å². The molecule has 1 amide bonds. The van der Waals surface area contributed by atoms with Crippen LogP contribution in [0.4, 0.5) is 4.39 Å². The number of nitrogens with one attached hydrogen (secondary N) is 1. The quantitative estimate of drug-likeness (QED) is 0.905. The summed E-state index contributed by atoms with van der Waals surface area (Å²) in [7, 11) is 0. The molecule has 4 rings (SSSR count). The Balaban J connectivity index is 1.69. The number of nitrogens with zero attached hydrogens (tertiary/aromatic N) is 1. The van der Waals surface area contributed by atoms with Gasteiger partial charge in [0.15, 0.2) is 0 Å². The molecule has 2 bridgehead atoms. The Morgan fingerprint density at radius 1 is 1.37 bits per heavy atom. The molecule has 1 unspecified atom stereocenters. The van der Waals surface area contributed by atoms with Crippen molar-refractivity contribution in [1.82, 2.24) is 10.2 Å². The highest BCUT2D eigenvalue weighted by atomic mass is 79.9. The molecule has 1 aromatic rings. The number of halogens is 2. The Hall–Kier alpha value is -0.940. The molecule has 3 aliphatic heterocycles. The molecule has 3 aliphatic rings. The summed E-state index contributed by atoms with van der Waals surface area (Å²) in [5.74, 6) is 0.000889. The van der Waals surface area contributed by atoms with Gasteiger partial charge in [0.1, 0.15) is 5.82 Å². The molecule has 102 valence electrons. The van der Waals surface area contributed by atoms with Gasteiger partial charge in [-0.15, -0.1) is 0 Å². The molecule has 3 nitrogen and oxygen atoms in total. The number of carbonyl (C=O) groups is 1. The maximum absolute atomic E-state index is 13.4. The summed E-state index contributed by atoms with van der Waals surface area (Å²) in [5, 5.41) is 3.05. The van der Waals surface area contributed by atoms with Gasteiger partial charge < -0.3 is 10.2 Å². The van der Waals surface area contributed by atoms with Gasteiger partial charge in [0.05, 0.1) is 4.47 Å². The number of hydrogen-bond acceptors (Lipinski definition) is 2. The average Bonchev–Trinajstić information content (AvgIpc) is 2.43. The van der Waals surface area contributed by atoms with E-state index in [9.17, 15) is 9.18 Å². The summed E-state index contributed by atoms with van der Waals surface area (Å²) in [6, 6.07) is 4.70. The summed E-state index contributed by atoms with van der Waals surface area (Å²) in [5.41, 5.74) is 0.386. The molecule has 19 heavy (non-hydrogen) atoms. The zero-order chi connectivity index (χ0) is 13.4. The van der Waals surface area contributed by atoms with E-state index in [2.05, 4.69) is 26.1 Å². The van der Waals surface area contributed by atoms with E-state index < -0.39 is 5.82 Å². The van der Waals surface area contributed by atoms with Gasteiger partial charge >= 0.3 is 0 Å². The van der Waals surface area contributed by atoms with E-state index in [1.165, 1.54) is 6.07 Å². The second-order valence-electron chi connectivity index (χ2n) is 5.35. The molecule has 1 aromatic carbocycles. The van der Waals surface area contributed by atoms with Crippen molar-refractivity contribution in [2.75, 3.05) is 19.6 Å². The normalized spacial score (nSPS) is 29.3. The standard InChI is InChI=1S/C14H16BrFN2O/c15-11-2-1-10(7-12(11)16)14(19)17-13-8-18-5-3-9(13)4-6-18/h1-2,7,9,13H,3-6,8H2,(H,17,19). The second-order valence-corrected chi connectivity index (χ2v) is 6.20. The summed E-state index contributed by atoms with van der Waals surface area (Å²) >= 11 is 3.09. The Labute approximate surface area is 120 Å². The first-order valence-electron chi connectivity index (χ1n) is 6.62. The maximum atomic E-state index is 13.4. The number of carbonyl (C=O) groups excluding carboxylic acids is 1. The zero-order valence-corrected chi connectivity index (χ0v) is 12.1. The molecule has 1 atom stereocenters. The molecular weight excluding hydrogens is 311 g/mol. The predicted octanol–water partition coefficient (Wildman–Crippen LogP) is 2.41. The van der Waals surface area contributed by atoms with Crippen LogP contribution in [-0.4, -0.2) is 36.5 Å². The van der Waals surface area contributed by atoms with Crippen LogP contribution in [0.2, 0.25) is 0 Å². The van der Waals surface area contributed by atoms with Crippen LogP contribution in [-0.2, 0) is 0 Å². The minimum Gasteiger partial charge on any atom is -0.348 e. The lowest BCUT2D eigenvalue weighted by atomic mass is 9.84. The van der Waals surface area contributed by atoms with E-state index in [-0.39, 0.29) is 11.9 Å². The predicted molar refractivity (Wildman–Crippen MR) is 74.5 cm³/mol. The third kappa shape index (κ3) is 2.67. The van der Waals surface area contributed by atoms with E-state index in [1.54, 1.807) is 12.1 Å². The van der Waals surface area contributed by atoms with Crippen LogP contribution in [0.25, 0.3) is 0 Å². The minimum absolute atomic E-state index is 0.176. The molecule has 1 N–H and O–H groups in total. The van der Waals surface area contributed by atoms with Crippen molar-refractivity contribution < 1.29 is 9.18 Å². The van der Waals surface area contributed by atoms with Crippen LogP contribution < -0.4 is 5.32 Å². The molecule has 3 fully saturated rings. The lowest BCUT2D eigenvalue weighted by Crippen LogP contribution is -2.57. The number of fused-ring (bicyclic) bond motifs is 3. The Kier molecular flexibility index (Phi) is 3.58. The first-order chi connectivity index (χ1) is 9.13. The van der Waals surface area contributed by atoms with E-state index in [0.29, 0.717) is 16.0 Å². The van der Waals surface area contributed by atoms with E-state index in [0.717, 1.165) is 32.5 Å². The lowest BCUT2D eigenvalue weighted by molar-refractivity contribution is 0.0620. The van der Waals surface area contributed by atoms with Crippen LogP contribution in [0.3, 0.4) is 0 Å². The number of benzene rings is 1. The third-order valence-corrected chi connectivity index (χ3v) is 4.80. The monoisotopic (exact) mass is 326 g/mol. The number of rotatable bonds is 2. The highest BCUT2D eigenvalue weighted by Crippen LogP contribution is 2.27. The Morgan fingerprint density at radius 3 is 2.68 bits per heavy atom. The largest absolute Gasteiger partial charge is 0.348 e. The first-order valence-corrected chi connectivity index (χ1v) is 7.41. The molecule has 0 spiro atoms. The SMILES string of the molecule is O=C(NC1CN2CCC1CC2)c1ccc(Br)c(F)c1. The van der Waals surface area contributed by atoms with Crippen LogP contribution in [0.15, 0.2) is 22.7 Å². The van der Waals surface area contributed by atoms with Gasteiger partial charge in [-0.25, -0.2) is 4.39 Å². The van der Waals surface area contributed by atoms with Crippen LogP contribution in [0.5, 0.6) is 0 Å². The van der Waals surface area contributed by atoms with Crippen molar-refractivity contribution in [2.24, 2.45) is 5.92 Å². The third-order valence-electron chi connectivity index (χ3n) is 4.15.